The van der Waals surface area contributed by atoms with E-state index in [0.717, 1.165) is 4.90 Å². The summed E-state index contributed by atoms with van der Waals surface area (Å²) in [6.45, 7) is 9.00. The van der Waals surface area contributed by atoms with Crippen molar-refractivity contribution < 1.29 is 19.1 Å². The fourth-order valence-corrected chi connectivity index (χ4v) is 3.35. The average molecular weight is 361 g/mol. The quantitative estimate of drug-likeness (QED) is 0.787. The fourth-order valence-electron chi connectivity index (χ4n) is 3.35. The lowest BCUT2D eigenvalue weighted by Gasteiger charge is -2.32. The number of hydrogen-bond donors (Lipinski definition) is 1. The van der Waals surface area contributed by atoms with Crippen molar-refractivity contribution in [2.45, 2.75) is 52.2 Å². The summed E-state index contributed by atoms with van der Waals surface area (Å²) in [7, 11) is 1.56. The zero-order valence-corrected chi connectivity index (χ0v) is 16.2. The normalized spacial score (nSPS) is 19.9. The van der Waals surface area contributed by atoms with Crippen LogP contribution in [0.1, 0.15) is 40.2 Å². The largest absolute Gasteiger partial charge is 0.497 e. The molecule has 1 atom stereocenters. The van der Waals surface area contributed by atoms with Crippen LogP contribution in [0.15, 0.2) is 24.3 Å². The molecule has 7 heteroatoms. The second kappa shape index (κ2) is 7.35. The summed E-state index contributed by atoms with van der Waals surface area (Å²) in [4.78, 5) is 40.6. The third-order valence-electron chi connectivity index (χ3n) is 4.64. The van der Waals surface area contributed by atoms with E-state index < -0.39 is 17.5 Å². The van der Waals surface area contributed by atoms with E-state index in [-0.39, 0.29) is 24.5 Å². The maximum atomic E-state index is 12.9. The SMILES string of the molecule is COc1ccc(C2(C)NC(=O)N(CC(=O)N(C(C)C)C(C)C)C2=O)cc1. The minimum atomic E-state index is -1.20. The van der Waals surface area contributed by atoms with Gasteiger partial charge in [-0.05, 0) is 52.3 Å². The fraction of sp³-hybridized carbons (Fsp3) is 0.526. The maximum Gasteiger partial charge on any atom is 0.325 e. The van der Waals surface area contributed by atoms with Crippen LogP contribution >= 0.6 is 0 Å². The first-order chi connectivity index (χ1) is 12.1. The number of ether oxygens (including phenoxy) is 1. The highest BCUT2D eigenvalue weighted by atomic mass is 16.5. The Morgan fingerprint density at radius 3 is 2.15 bits per heavy atom. The molecule has 1 N–H and O–H groups in total. The van der Waals surface area contributed by atoms with E-state index in [1.54, 1.807) is 43.2 Å². The first-order valence-electron chi connectivity index (χ1n) is 8.71. The van der Waals surface area contributed by atoms with Crippen LogP contribution in [0, 0.1) is 0 Å². The first-order valence-corrected chi connectivity index (χ1v) is 8.71. The Morgan fingerprint density at radius 1 is 1.15 bits per heavy atom. The van der Waals surface area contributed by atoms with Gasteiger partial charge in [0.25, 0.3) is 5.91 Å². The summed E-state index contributed by atoms with van der Waals surface area (Å²) < 4.78 is 5.12. The molecule has 1 unspecified atom stereocenters. The topological polar surface area (TPSA) is 79.0 Å². The zero-order valence-electron chi connectivity index (χ0n) is 16.2. The third kappa shape index (κ3) is 3.52. The Bertz CT molecular complexity index is 691. The number of nitrogens with one attached hydrogen (secondary N) is 1. The molecule has 1 aromatic carbocycles. The van der Waals surface area contributed by atoms with Gasteiger partial charge in [0.1, 0.15) is 17.8 Å². The highest BCUT2D eigenvalue weighted by Gasteiger charge is 2.49. The van der Waals surface area contributed by atoms with Crippen LogP contribution < -0.4 is 10.1 Å². The van der Waals surface area contributed by atoms with Crippen molar-refractivity contribution in [3.63, 3.8) is 0 Å². The predicted molar refractivity (Wildman–Crippen MR) is 97.7 cm³/mol. The van der Waals surface area contributed by atoms with Crippen molar-refractivity contribution in [1.82, 2.24) is 15.1 Å². The molecule has 0 radical (unpaired) electrons. The summed E-state index contributed by atoms with van der Waals surface area (Å²) in [6.07, 6.45) is 0. The third-order valence-corrected chi connectivity index (χ3v) is 4.64. The van der Waals surface area contributed by atoms with Crippen molar-refractivity contribution in [3.8, 4) is 5.75 Å². The molecule has 7 nitrogen and oxygen atoms in total. The predicted octanol–water partition coefficient (Wildman–Crippen LogP) is 2.11. The number of imide groups is 1. The molecule has 1 aromatic rings. The second-order valence-corrected chi connectivity index (χ2v) is 7.16. The molecule has 4 amide bonds. The zero-order chi connectivity index (χ0) is 19.6. The molecule has 0 aliphatic carbocycles. The molecular weight excluding hydrogens is 334 g/mol. The lowest BCUT2D eigenvalue weighted by molar-refractivity contribution is -0.141. The number of rotatable bonds is 6. The molecule has 1 fully saturated rings. The van der Waals surface area contributed by atoms with Crippen molar-refractivity contribution >= 4 is 17.8 Å². The molecule has 142 valence electrons. The van der Waals surface area contributed by atoms with E-state index in [1.165, 1.54) is 0 Å². The van der Waals surface area contributed by atoms with Gasteiger partial charge in [-0.3, -0.25) is 14.5 Å². The summed E-state index contributed by atoms with van der Waals surface area (Å²) in [5.41, 5.74) is -0.569. The number of nitrogens with zero attached hydrogens (tertiary/aromatic N) is 2. The van der Waals surface area contributed by atoms with E-state index in [1.807, 2.05) is 27.7 Å². The molecule has 1 aliphatic heterocycles. The average Bonchev–Trinajstić information content (AvgIpc) is 2.78. The molecule has 0 bridgehead atoms. The second-order valence-electron chi connectivity index (χ2n) is 7.16. The van der Waals surface area contributed by atoms with Crippen molar-refractivity contribution in [2.75, 3.05) is 13.7 Å². The minimum Gasteiger partial charge on any atom is -0.497 e. The summed E-state index contributed by atoms with van der Waals surface area (Å²) in [5, 5.41) is 2.71. The summed E-state index contributed by atoms with van der Waals surface area (Å²) in [6, 6.07) is 6.33. The Labute approximate surface area is 154 Å². The van der Waals surface area contributed by atoms with Gasteiger partial charge in [-0.25, -0.2) is 4.79 Å². The molecule has 1 heterocycles. The van der Waals surface area contributed by atoms with Gasteiger partial charge in [-0.15, -0.1) is 0 Å². The molecule has 26 heavy (non-hydrogen) atoms. The highest BCUT2D eigenvalue weighted by Crippen LogP contribution is 2.30. The van der Waals surface area contributed by atoms with Gasteiger partial charge in [-0.1, -0.05) is 12.1 Å². The lowest BCUT2D eigenvalue weighted by Crippen LogP contribution is -2.49. The van der Waals surface area contributed by atoms with E-state index in [9.17, 15) is 14.4 Å². The first kappa shape index (κ1) is 19.8. The number of amides is 4. The van der Waals surface area contributed by atoms with Crippen LogP contribution in [-0.4, -0.2) is 53.4 Å². The number of benzene rings is 1. The monoisotopic (exact) mass is 361 g/mol. The molecule has 2 rings (SSSR count). The maximum absolute atomic E-state index is 12.9. The van der Waals surface area contributed by atoms with Crippen molar-refractivity contribution in [2.24, 2.45) is 0 Å². The van der Waals surface area contributed by atoms with Gasteiger partial charge in [0.05, 0.1) is 7.11 Å². The van der Waals surface area contributed by atoms with Crippen LogP contribution in [0.4, 0.5) is 4.79 Å². The van der Waals surface area contributed by atoms with Gasteiger partial charge in [0, 0.05) is 12.1 Å². The van der Waals surface area contributed by atoms with Crippen molar-refractivity contribution in [3.05, 3.63) is 29.8 Å². The van der Waals surface area contributed by atoms with E-state index in [2.05, 4.69) is 5.32 Å². The number of carbonyl (C=O) groups excluding carboxylic acids is 3. The molecule has 0 spiro atoms. The highest BCUT2D eigenvalue weighted by molar-refractivity contribution is 6.09. The van der Waals surface area contributed by atoms with Crippen LogP contribution in [-0.2, 0) is 15.1 Å². The number of methoxy groups -OCH3 is 1. The van der Waals surface area contributed by atoms with Gasteiger partial charge in [0.15, 0.2) is 0 Å². The summed E-state index contributed by atoms with van der Waals surface area (Å²) in [5.74, 6) is -0.0309. The number of urea groups is 1. The summed E-state index contributed by atoms with van der Waals surface area (Å²) >= 11 is 0. The number of hydrogen-bond acceptors (Lipinski definition) is 4. The molecular formula is C19H27N3O4. The van der Waals surface area contributed by atoms with E-state index in [0.29, 0.717) is 11.3 Å². The Kier molecular flexibility index (Phi) is 5.59. The minimum absolute atomic E-state index is 0.0174. The molecule has 0 saturated carbocycles. The molecule has 1 aliphatic rings. The van der Waals surface area contributed by atoms with Crippen LogP contribution in [0.25, 0.3) is 0 Å². The van der Waals surface area contributed by atoms with Crippen LogP contribution in [0.2, 0.25) is 0 Å². The Hall–Kier alpha value is -2.57. The van der Waals surface area contributed by atoms with Crippen LogP contribution in [0.3, 0.4) is 0 Å². The smallest absolute Gasteiger partial charge is 0.325 e. The van der Waals surface area contributed by atoms with E-state index in [4.69, 9.17) is 4.74 Å². The van der Waals surface area contributed by atoms with Gasteiger partial charge in [0.2, 0.25) is 5.91 Å². The van der Waals surface area contributed by atoms with Gasteiger partial charge >= 0.3 is 6.03 Å². The Morgan fingerprint density at radius 2 is 1.69 bits per heavy atom. The molecule has 1 saturated heterocycles. The van der Waals surface area contributed by atoms with Crippen LogP contribution in [0.5, 0.6) is 5.75 Å². The standard InChI is InChI=1S/C19H27N3O4/c1-12(2)22(13(3)4)16(23)11-21-17(24)19(5,20-18(21)25)14-7-9-15(26-6)10-8-14/h7-10,12-13H,11H2,1-6H3,(H,20,25). The molecule has 0 aromatic heterocycles. The lowest BCUT2D eigenvalue weighted by atomic mass is 9.92. The van der Waals surface area contributed by atoms with E-state index >= 15 is 0 Å². The van der Waals surface area contributed by atoms with Gasteiger partial charge < -0.3 is 15.0 Å². The van der Waals surface area contributed by atoms with Gasteiger partial charge in [-0.2, -0.15) is 0 Å². The Balaban J connectivity index is 2.23. The number of carbonyl (C=O) groups is 3. The van der Waals surface area contributed by atoms with Crippen molar-refractivity contribution in [1.29, 1.82) is 0 Å².